The topological polar surface area (TPSA) is 17.3 Å². The molecule has 2 aromatic rings. The molecule has 0 saturated carbocycles. The van der Waals surface area contributed by atoms with E-state index in [1.807, 2.05) is 0 Å². The van der Waals surface area contributed by atoms with E-state index in [1.165, 1.54) is 11.3 Å². The summed E-state index contributed by atoms with van der Waals surface area (Å²) in [5.41, 5.74) is 5.11. The van der Waals surface area contributed by atoms with Gasteiger partial charge in [-0.25, -0.2) is 4.98 Å². The molecule has 2 heterocycles. The first-order valence-electron chi connectivity index (χ1n) is 6.60. The van der Waals surface area contributed by atoms with Gasteiger partial charge in [0.2, 0.25) is 0 Å². The Kier molecular flexibility index (Phi) is 2.80. The Hall–Kier alpha value is -1.31. The van der Waals surface area contributed by atoms with Crippen molar-refractivity contribution in [2.75, 3.05) is 0 Å². The number of aryl methyl sites for hydroxylation is 1. The number of hydrogen-bond acceptors (Lipinski definition) is 1. The summed E-state index contributed by atoms with van der Waals surface area (Å²) in [5, 5.41) is 0. The van der Waals surface area contributed by atoms with Gasteiger partial charge in [-0.2, -0.15) is 0 Å². The lowest BCUT2D eigenvalue weighted by Crippen LogP contribution is -2.17. The van der Waals surface area contributed by atoms with Crippen molar-refractivity contribution in [2.24, 2.45) is 0 Å². The van der Waals surface area contributed by atoms with Gasteiger partial charge >= 0.3 is 0 Å². The Morgan fingerprint density at radius 3 is 2.06 bits per heavy atom. The van der Waals surface area contributed by atoms with E-state index in [9.17, 15) is 0 Å². The van der Waals surface area contributed by atoms with Gasteiger partial charge in [-0.1, -0.05) is 47.6 Å². The summed E-state index contributed by atoms with van der Waals surface area (Å²) >= 11 is 0. The van der Waals surface area contributed by atoms with Gasteiger partial charge in [-0.05, 0) is 24.0 Å². The zero-order valence-electron chi connectivity index (χ0n) is 12.6. The Labute approximate surface area is 110 Å². The molecule has 0 spiro atoms. The predicted molar refractivity (Wildman–Crippen MR) is 77.3 cm³/mol. The number of imidazole rings is 1. The average molecular weight is 244 g/mol. The highest BCUT2D eigenvalue weighted by Gasteiger charge is 2.23. The normalized spacial score (nSPS) is 13.3. The quantitative estimate of drug-likeness (QED) is 0.677. The molecule has 18 heavy (non-hydrogen) atoms. The fraction of sp³-hybridized carbons (Fsp3) is 0.562. The molecule has 0 saturated heterocycles. The van der Waals surface area contributed by atoms with Crippen molar-refractivity contribution in [3.63, 3.8) is 0 Å². The molecule has 0 radical (unpaired) electrons. The standard InChI is InChI=1S/C16H24N2/c1-11-14(16(5,6)7)18-10-12(15(2,3)4)8-9-13(18)17-11/h8-10H,1-7H3. The molecule has 0 aliphatic rings. The van der Waals surface area contributed by atoms with Crippen LogP contribution in [0.3, 0.4) is 0 Å². The van der Waals surface area contributed by atoms with E-state index < -0.39 is 0 Å². The highest BCUT2D eigenvalue weighted by Crippen LogP contribution is 2.29. The fourth-order valence-corrected chi connectivity index (χ4v) is 2.51. The Bertz CT molecular complexity index is 577. The van der Waals surface area contributed by atoms with Crippen LogP contribution in [-0.2, 0) is 10.8 Å². The van der Waals surface area contributed by atoms with Crippen LogP contribution in [0, 0.1) is 6.92 Å². The molecule has 0 bridgehead atoms. The van der Waals surface area contributed by atoms with Crippen molar-refractivity contribution in [1.29, 1.82) is 0 Å². The van der Waals surface area contributed by atoms with Crippen molar-refractivity contribution < 1.29 is 0 Å². The maximum absolute atomic E-state index is 4.67. The summed E-state index contributed by atoms with van der Waals surface area (Å²) in [7, 11) is 0. The third kappa shape index (κ3) is 2.16. The van der Waals surface area contributed by atoms with E-state index in [0.29, 0.717) is 0 Å². The second kappa shape index (κ2) is 3.84. The van der Waals surface area contributed by atoms with Gasteiger partial charge in [0.05, 0.1) is 11.4 Å². The lowest BCUT2D eigenvalue weighted by Gasteiger charge is -2.22. The number of fused-ring (bicyclic) bond motifs is 1. The monoisotopic (exact) mass is 244 g/mol. The summed E-state index contributed by atoms with van der Waals surface area (Å²) in [6, 6.07) is 4.32. The summed E-state index contributed by atoms with van der Waals surface area (Å²) in [4.78, 5) is 4.67. The molecule has 2 heteroatoms. The smallest absolute Gasteiger partial charge is 0.137 e. The van der Waals surface area contributed by atoms with Crippen LogP contribution in [0.5, 0.6) is 0 Å². The first kappa shape index (κ1) is 13.1. The molecule has 0 N–H and O–H groups in total. The van der Waals surface area contributed by atoms with Crippen molar-refractivity contribution in [3.05, 3.63) is 35.3 Å². The number of pyridine rings is 1. The minimum atomic E-state index is 0.111. The highest BCUT2D eigenvalue weighted by atomic mass is 15.0. The van der Waals surface area contributed by atoms with Crippen LogP contribution in [-0.4, -0.2) is 9.38 Å². The minimum absolute atomic E-state index is 0.111. The Balaban J connectivity index is 2.76. The molecule has 2 aromatic heterocycles. The van der Waals surface area contributed by atoms with Crippen LogP contribution in [0.25, 0.3) is 5.65 Å². The Morgan fingerprint density at radius 2 is 1.56 bits per heavy atom. The molecule has 0 unspecified atom stereocenters. The molecule has 2 rings (SSSR count). The molecule has 0 amide bonds. The Morgan fingerprint density at radius 1 is 0.944 bits per heavy atom. The maximum atomic E-state index is 4.67. The third-order valence-corrected chi connectivity index (χ3v) is 3.37. The van der Waals surface area contributed by atoms with E-state index in [2.05, 4.69) is 76.2 Å². The molecule has 0 aliphatic heterocycles. The number of rotatable bonds is 0. The molecule has 0 atom stereocenters. The van der Waals surface area contributed by atoms with Gasteiger partial charge in [0.15, 0.2) is 0 Å². The number of hydrogen-bond donors (Lipinski definition) is 0. The maximum Gasteiger partial charge on any atom is 0.137 e. The van der Waals surface area contributed by atoms with Gasteiger partial charge < -0.3 is 4.40 Å². The van der Waals surface area contributed by atoms with Gasteiger partial charge in [-0.15, -0.1) is 0 Å². The summed E-state index contributed by atoms with van der Waals surface area (Å²) in [5.74, 6) is 0. The first-order valence-corrected chi connectivity index (χ1v) is 6.60. The van der Waals surface area contributed by atoms with Crippen LogP contribution in [0.2, 0.25) is 0 Å². The van der Waals surface area contributed by atoms with E-state index in [-0.39, 0.29) is 10.8 Å². The predicted octanol–water partition coefficient (Wildman–Crippen LogP) is 4.24. The molecule has 0 fully saturated rings. The van der Waals surface area contributed by atoms with Crippen LogP contribution in [0.4, 0.5) is 0 Å². The molecular weight excluding hydrogens is 220 g/mol. The van der Waals surface area contributed by atoms with Gasteiger partial charge in [-0.3, -0.25) is 0 Å². The van der Waals surface area contributed by atoms with Gasteiger partial charge in [0.25, 0.3) is 0 Å². The van der Waals surface area contributed by atoms with E-state index >= 15 is 0 Å². The SMILES string of the molecule is Cc1nc2ccc(C(C)(C)C)cn2c1C(C)(C)C. The van der Waals surface area contributed by atoms with Crippen LogP contribution < -0.4 is 0 Å². The largest absolute Gasteiger partial charge is 0.303 e. The second-order valence-electron chi connectivity index (χ2n) is 7.19. The van der Waals surface area contributed by atoms with Crippen molar-refractivity contribution in [3.8, 4) is 0 Å². The van der Waals surface area contributed by atoms with Crippen molar-refractivity contribution in [2.45, 2.75) is 59.3 Å². The van der Waals surface area contributed by atoms with Crippen LogP contribution in [0.15, 0.2) is 18.3 Å². The van der Waals surface area contributed by atoms with Crippen LogP contribution >= 0.6 is 0 Å². The zero-order valence-corrected chi connectivity index (χ0v) is 12.6. The molecule has 98 valence electrons. The van der Waals surface area contributed by atoms with Gasteiger partial charge in [0, 0.05) is 11.6 Å². The van der Waals surface area contributed by atoms with Crippen molar-refractivity contribution >= 4 is 5.65 Å². The van der Waals surface area contributed by atoms with E-state index in [4.69, 9.17) is 0 Å². The minimum Gasteiger partial charge on any atom is -0.303 e. The fourth-order valence-electron chi connectivity index (χ4n) is 2.51. The summed E-state index contributed by atoms with van der Waals surface area (Å²) in [6.07, 6.45) is 2.25. The van der Waals surface area contributed by atoms with Crippen molar-refractivity contribution in [1.82, 2.24) is 9.38 Å². The summed E-state index contributed by atoms with van der Waals surface area (Å²) in [6.45, 7) is 15.6. The second-order valence-corrected chi connectivity index (χ2v) is 7.19. The van der Waals surface area contributed by atoms with Gasteiger partial charge in [0.1, 0.15) is 5.65 Å². The van der Waals surface area contributed by atoms with E-state index in [0.717, 1.165) is 11.3 Å². The number of nitrogens with zero attached hydrogens (tertiary/aromatic N) is 2. The molecule has 0 aromatic carbocycles. The number of aromatic nitrogens is 2. The zero-order chi connectivity index (χ0) is 13.7. The molecule has 2 nitrogen and oxygen atoms in total. The molecule has 0 aliphatic carbocycles. The van der Waals surface area contributed by atoms with E-state index in [1.54, 1.807) is 0 Å². The lowest BCUT2D eigenvalue weighted by atomic mass is 9.88. The third-order valence-electron chi connectivity index (χ3n) is 3.37. The average Bonchev–Trinajstić information content (AvgIpc) is 2.49. The lowest BCUT2D eigenvalue weighted by molar-refractivity contribution is 0.552. The first-order chi connectivity index (χ1) is 8.10. The van der Waals surface area contributed by atoms with Crippen LogP contribution in [0.1, 0.15) is 58.5 Å². The molecular formula is C16H24N2. The summed E-state index contributed by atoms with van der Waals surface area (Å²) < 4.78 is 2.26. The highest BCUT2D eigenvalue weighted by molar-refractivity contribution is 5.47.